The van der Waals surface area contributed by atoms with E-state index in [0.29, 0.717) is 5.69 Å². The molecule has 0 fully saturated rings. The topological polar surface area (TPSA) is 60.4 Å². The second-order valence-electron chi connectivity index (χ2n) is 2.87. The fourth-order valence-corrected chi connectivity index (χ4v) is 1.38. The van der Waals surface area contributed by atoms with Crippen LogP contribution in [0.3, 0.4) is 0 Å². The zero-order valence-electron chi connectivity index (χ0n) is 7.19. The van der Waals surface area contributed by atoms with Crippen molar-refractivity contribution in [1.29, 1.82) is 0 Å². The largest absolute Gasteiger partial charge is 0.364 e. The molecule has 2 aromatic heterocycles. The number of primary amides is 1. The van der Waals surface area contributed by atoms with Gasteiger partial charge in [0.2, 0.25) is 0 Å². The Kier molecular flexibility index (Phi) is 1.55. The van der Waals surface area contributed by atoms with Gasteiger partial charge in [-0.05, 0) is 19.1 Å². The van der Waals surface area contributed by atoms with Gasteiger partial charge in [0, 0.05) is 5.69 Å². The van der Waals surface area contributed by atoms with Gasteiger partial charge >= 0.3 is 0 Å². The monoisotopic (exact) mass is 175 g/mol. The van der Waals surface area contributed by atoms with E-state index in [4.69, 9.17) is 5.73 Å². The average molecular weight is 175 g/mol. The highest BCUT2D eigenvalue weighted by Gasteiger charge is 2.08. The van der Waals surface area contributed by atoms with Crippen molar-refractivity contribution in [3.05, 3.63) is 35.8 Å². The fraction of sp³-hybridized carbons (Fsp3) is 0.111. The van der Waals surface area contributed by atoms with E-state index in [9.17, 15) is 4.79 Å². The summed E-state index contributed by atoms with van der Waals surface area (Å²) < 4.78 is 1.74. The zero-order valence-corrected chi connectivity index (χ0v) is 7.19. The number of pyridine rings is 1. The summed E-state index contributed by atoms with van der Waals surface area (Å²) in [6.07, 6.45) is 1.49. The van der Waals surface area contributed by atoms with E-state index in [2.05, 4.69) is 4.98 Å². The van der Waals surface area contributed by atoms with Crippen molar-refractivity contribution >= 4 is 11.6 Å². The number of hydrogen-bond acceptors (Lipinski definition) is 2. The first-order valence-electron chi connectivity index (χ1n) is 3.93. The molecular weight excluding hydrogens is 166 g/mol. The predicted octanol–water partition coefficient (Wildman–Crippen LogP) is 0.742. The summed E-state index contributed by atoms with van der Waals surface area (Å²) in [6.45, 7) is 1.90. The summed E-state index contributed by atoms with van der Waals surface area (Å²) in [5, 5.41) is 0. The van der Waals surface area contributed by atoms with Gasteiger partial charge in [-0.15, -0.1) is 0 Å². The summed E-state index contributed by atoms with van der Waals surface area (Å²) in [5.74, 6) is -0.457. The number of amides is 1. The number of rotatable bonds is 1. The Balaban J connectivity index is 2.86. The van der Waals surface area contributed by atoms with Crippen LogP contribution >= 0.6 is 0 Å². The van der Waals surface area contributed by atoms with Crippen LogP contribution in [0, 0.1) is 6.92 Å². The molecule has 0 aromatic carbocycles. The minimum Gasteiger partial charge on any atom is -0.364 e. The lowest BCUT2D eigenvalue weighted by molar-refractivity contribution is 0.0994. The second kappa shape index (κ2) is 2.58. The molecule has 4 nitrogen and oxygen atoms in total. The van der Waals surface area contributed by atoms with Gasteiger partial charge in [-0.2, -0.15) is 0 Å². The number of hydrogen-bond donors (Lipinski definition) is 1. The molecule has 0 bridgehead atoms. The molecule has 0 aliphatic heterocycles. The van der Waals surface area contributed by atoms with Gasteiger partial charge in [0.15, 0.2) is 0 Å². The Hall–Kier alpha value is -1.84. The number of fused-ring (bicyclic) bond motifs is 1. The van der Waals surface area contributed by atoms with E-state index >= 15 is 0 Å². The standard InChI is InChI=1S/C9H9N3O/c1-6-3-2-4-8-11-5-7(9(10)13)12(6)8/h2-5H,1H3,(H2,10,13). The molecule has 0 saturated carbocycles. The summed E-state index contributed by atoms with van der Waals surface area (Å²) in [5.41, 5.74) is 7.31. The Morgan fingerprint density at radius 2 is 2.31 bits per heavy atom. The molecule has 4 heteroatoms. The molecule has 0 aliphatic rings. The van der Waals surface area contributed by atoms with Crippen LogP contribution in [0.1, 0.15) is 16.2 Å². The smallest absolute Gasteiger partial charge is 0.267 e. The van der Waals surface area contributed by atoms with Crippen molar-refractivity contribution in [3.63, 3.8) is 0 Å². The van der Waals surface area contributed by atoms with E-state index < -0.39 is 5.91 Å². The first-order chi connectivity index (χ1) is 6.20. The van der Waals surface area contributed by atoms with E-state index in [1.807, 2.05) is 25.1 Å². The van der Waals surface area contributed by atoms with E-state index in [1.54, 1.807) is 4.40 Å². The Morgan fingerprint density at radius 3 is 3.00 bits per heavy atom. The van der Waals surface area contributed by atoms with Crippen LogP contribution in [-0.2, 0) is 0 Å². The minimum atomic E-state index is -0.457. The maximum Gasteiger partial charge on any atom is 0.267 e. The third-order valence-electron chi connectivity index (χ3n) is 1.98. The first-order valence-corrected chi connectivity index (χ1v) is 3.93. The van der Waals surface area contributed by atoms with Gasteiger partial charge in [-0.3, -0.25) is 9.20 Å². The Morgan fingerprint density at radius 1 is 1.54 bits per heavy atom. The molecule has 0 atom stereocenters. The summed E-state index contributed by atoms with van der Waals surface area (Å²) >= 11 is 0. The van der Waals surface area contributed by atoms with Crippen LogP contribution in [0.5, 0.6) is 0 Å². The van der Waals surface area contributed by atoms with Crippen molar-refractivity contribution in [2.75, 3.05) is 0 Å². The highest BCUT2D eigenvalue weighted by molar-refractivity contribution is 5.91. The van der Waals surface area contributed by atoms with Gasteiger partial charge in [-0.25, -0.2) is 4.98 Å². The average Bonchev–Trinajstić information content (AvgIpc) is 2.49. The van der Waals surface area contributed by atoms with Crippen molar-refractivity contribution in [2.24, 2.45) is 5.73 Å². The normalized spacial score (nSPS) is 10.5. The van der Waals surface area contributed by atoms with Crippen molar-refractivity contribution in [2.45, 2.75) is 6.92 Å². The molecule has 2 N–H and O–H groups in total. The van der Waals surface area contributed by atoms with Gasteiger partial charge in [0.25, 0.3) is 5.91 Å². The van der Waals surface area contributed by atoms with E-state index in [1.165, 1.54) is 6.20 Å². The Bertz CT molecular complexity index is 473. The number of aryl methyl sites for hydroxylation is 1. The lowest BCUT2D eigenvalue weighted by atomic mass is 10.3. The molecular formula is C9H9N3O. The van der Waals surface area contributed by atoms with Crippen LogP contribution in [0.4, 0.5) is 0 Å². The van der Waals surface area contributed by atoms with Gasteiger partial charge in [0.1, 0.15) is 11.3 Å². The number of aromatic nitrogens is 2. The molecule has 0 spiro atoms. The number of nitrogens with zero attached hydrogens (tertiary/aromatic N) is 2. The van der Waals surface area contributed by atoms with Gasteiger partial charge in [0.05, 0.1) is 6.20 Å². The number of nitrogens with two attached hydrogens (primary N) is 1. The summed E-state index contributed by atoms with van der Waals surface area (Å²) in [7, 11) is 0. The molecule has 2 rings (SSSR count). The molecule has 0 saturated heterocycles. The molecule has 2 aromatic rings. The number of carbonyl (C=O) groups is 1. The lowest BCUT2D eigenvalue weighted by Crippen LogP contribution is -2.14. The van der Waals surface area contributed by atoms with Crippen molar-refractivity contribution in [3.8, 4) is 0 Å². The molecule has 0 radical (unpaired) electrons. The zero-order chi connectivity index (χ0) is 9.42. The summed E-state index contributed by atoms with van der Waals surface area (Å²) in [4.78, 5) is 15.1. The molecule has 1 amide bonds. The van der Waals surface area contributed by atoms with Crippen molar-refractivity contribution in [1.82, 2.24) is 9.38 Å². The number of imidazole rings is 1. The van der Waals surface area contributed by atoms with Gasteiger partial charge < -0.3 is 5.73 Å². The number of carbonyl (C=O) groups excluding carboxylic acids is 1. The quantitative estimate of drug-likeness (QED) is 0.694. The highest BCUT2D eigenvalue weighted by Crippen LogP contribution is 2.09. The molecule has 0 unspecified atom stereocenters. The SMILES string of the molecule is Cc1cccc2ncc(C(N)=O)n12. The molecule has 13 heavy (non-hydrogen) atoms. The third-order valence-corrected chi connectivity index (χ3v) is 1.98. The predicted molar refractivity (Wildman–Crippen MR) is 48.4 cm³/mol. The maximum absolute atomic E-state index is 11.0. The third kappa shape index (κ3) is 1.07. The first kappa shape index (κ1) is 7.79. The minimum absolute atomic E-state index is 0.424. The fourth-order valence-electron chi connectivity index (χ4n) is 1.38. The lowest BCUT2D eigenvalue weighted by Gasteiger charge is -2.00. The maximum atomic E-state index is 11.0. The molecule has 0 aliphatic carbocycles. The van der Waals surface area contributed by atoms with Crippen LogP contribution in [0.15, 0.2) is 24.4 Å². The molecule has 2 heterocycles. The van der Waals surface area contributed by atoms with Crippen LogP contribution < -0.4 is 5.73 Å². The second-order valence-corrected chi connectivity index (χ2v) is 2.87. The van der Waals surface area contributed by atoms with E-state index in [0.717, 1.165) is 11.3 Å². The van der Waals surface area contributed by atoms with E-state index in [-0.39, 0.29) is 0 Å². The van der Waals surface area contributed by atoms with Crippen LogP contribution in [0.25, 0.3) is 5.65 Å². The highest BCUT2D eigenvalue weighted by atomic mass is 16.1. The van der Waals surface area contributed by atoms with Crippen LogP contribution in [0.2, 0.25) is 0 Å². The molecule has 66 valence electrons. The summed E-state index contributed by atoms with van der Waals surface area (Å²) in [6, 6.07) is 5.63. The van der Waals surface area contributed by atoms with Crippen molar-refractivity contribution < 1.29 is 4.79 Å². The Labute approximate surface area is 75.0 Å². The van der Waals surface area contributed by atoms with Crippen LogP contribution in [-0.4, -0.2) is 15.3 Å². The van der Waals surface area contributed by atoms with Gasteiger partial charge in [-0.1, -0.05) is 6.07 Å².